The number of halogens is 1. The van der Waals surface area contributed by atoms with Crippen molar-refractivity contribution in [2.75, 3.05) is 0 Å². The Balaban J connectivity index is 2.25. The lowest BCUT2D eigenvalue weighted by Gasteiger charge is -2.29. The van der Waals surface area contributed by atoms with Crippen molar-refractivity contribution in [1.29, 1.82) is 0 Å². The SMILES string of the molecule is CCC1CCCC1(O)Cc1c(C)nn(C)c1Cl. The maximum atomic E-state index is 10.8. The molecule has 0 bridgehead atoms. The van der Waals surface area contributed by atoms with Crippen LogP contribution in [0.25, 0.3) is 0 Å². The monoisotopic (exact) mass is 256 g/mol. The summed E-state index contributed by atoms with van der Waals surface area (Å²) in [4.78, 5) is 0. The van der Waals surface area contributed by atoms with Crippen LogP contribution in [0.3, 0.4) is 0 Å². The number of hydrogen-bond acceptors (Lipinski definition) is 2. The summed E-state index contributed by atoms with van der Waals surface area (Å²) >= 11 is 6.23. The zero-order valence-corrected chi connectivity index (χ0v) is 11.6. The molecule has 1 aliphatic rings. The van der Waals surface area contributed by atoms with Gasteiger partial charge in [-0.25, -0.2) is 0 Å². The third kappa shape index (κ3) is 2.23. The molecule has 0 aliphatic heterocycles. The van der Waals surface area contributed by atoms with E-state index in [-0.39, 0.29) is 0 Å². The lowest BCUT2D eigenvalue weighted by atomic mass is 9.83. The second-order valence-corrected chi connectivity index (χ2v) is 5.61. The van der Waals surface area contributed by atoms with Gasteiger partial charge in [-0.3, -0.25) is 4.68 Å². The Morgan fingerprint density at radius 1 is 1.59 bits per heavy atom. The van der Waals surface area contributed by atoms with Gasteiger partial charge in [0.25, 0.3) is 0 Å². The molecule has 1 heterocycles. The topological polar surface area (TPSA) is 38.1 Å². The van der Waals surface area contributed by atoms with Crippen LogP contribution < -0.4 is 0 Å². The normalized spacial score (nSPS) is 28.9. The first-order valence-electron chi connectivity index (χ1n) is 6.38. The Kier molecular flexibility index (Phi) is 3.50. The quantitative estimate of drug-likeness (QED) is 0.903. The van der Waals surface area contributed by atoms with Crippen molar-refractivity contribution < 1.29 is 5.11 Å². The molecule has 17 heavy (non-hydrogen) atoms. The van der Waals surface area contributed by atoms with E-state index in [1.807, 2.05) is 14.0 Å². The van der Waals surface area contributed by atoms with E-state index in [4.69, 9.17) is 11.6 Å². The fraction of sp³-hybridized carbons (Fsp3) is 0.769. The van der Waals surface area contributed by atoms with E-state index < -0.39 is 5.60 Å². The minimum atomic E-state index is -0.577. The van der Waals surface area contributed by atoms with Gasteiger partial charge in [0.05, 0.1) is 11.3 Å². The largest absolute Gasteiger partial charge is 0.389 e. The van der Waals surface area contributed by atoms with Crippen molar-refractivity contribution in [2.24, 2.45) is 13.0 Å². The van der Waals surface area contributed by atoms with Crippen LogP contribution in [0, 0.1) is 12.8 Å². The van der Waals surface area contributed by atoms with E-state index >= 15 is 0 Å². The molecule has 1 fully saturated rings. The summed E-state index contributed by atoms with van der Waals surface area (Å²) in [6, 6.07) is 0. The molecular weight excluding hydrogens is 236 g/mol. The fourth-order valence-electron chi connectivity index (χ4n) is 3.13. The van der Waals surface area contributed by atoms with Crippen LogP contribution in [0.1, 0.15) is 43.9 Å². The molecular formula is C13H21ClN2O. The molecule has 3 nitrogen and oxygen atoms in total. The van der Waals surface area contributed by atoms with Crippen LogP contribution in [-0.2, 0) is 13.5 Å². The number of aliphatic hydroxyl groups is 1. The number of nitrogens with zero attached hydrogens (tertiary/aromatic N) is 2. The molecule has 2 atom stereocenters. The zero-order valence-electron chi connectivity index (χ0n) is 10.8. The molecule has 96 valence electrons. The van der Waals surface area contributed by atoms with E-state index in [0.29, 0.717) is 17.5 Å². The predicted molar refractivity (Wildman–Crippen MR) is 69.2 cm³/mol. The van der Waals surface area contributed by atoms with Crippen molar-refractivity contribution >= 4 is 11.6 Å². The van der Waals surface area contributed by atoms with Gasteiger partial charge < -0.3 is 5.11 Å². The fourth-order valence-corrected chi connectivity index (χ4v) is 3.37. The second kappa shape index (κ2) is 4.62. The molecule has 1 aliphatic carbocycles. The van der Waals surface area contributed by atoms with Gasteiger partial charge >= 0.3 is 0 Å². The molecule has 1 aromatic heterocycles. The van der Waals surface area contributed by atoms with Gasteiger partial charge in [0.2, 0.25) is 0 Å². The molecule has 0 saturated heterocycles. The van der Waals surface area contributed by atoms with Gasteiger partial charge in [-0.1, -0.05) is 31.4 Å². The molecule has 0 amide bonds. The summed E-state index contributed by atoms with van der Waals surface area (Å²) in [5.41, 5.74) is 1.37. The van der Waals surface area contributed by atoms with Crippen molar-refractivity contribution in [1.82, 2.24) is 9.78 Å². The molecule has 0 spiro atoms. The first kappa shape index (κ1) is 12.9. The van der Waals surface area contributed by atoms with E-state index in [9.17, 15) is 5.11 Å². The average Bonchev–Trinajstić information content (AvgIpc) is 2.75. The first-order valence-corrected chi connectivity index (χ1v) is 6.76. The summed E-state index contributed by atoms with van der Waals surface area (Å²) in [5.74, 6) is 0.401. The van der Waals surface area contributed by atoms with Gasteiger partial charge in [-0.05, 0) is 25.7 Å². The number of rotatable bonds is 3. The molecule has 2 rings (SSSR count). The number of hydrogen-bond donors (Lipinski definition) is 1. The molecule has 1 N–H and O–H groups in total. The highest BCUT2D eigenvalue weighted by molar-refractivity contribution is 6.30. The summed E-state index contributed by atoms with van der Waals surface area (Å²) in [6.07, 6.45) is 4.81. The summed E-state index contributed by atoms with van der Waals surface area (Å²) in [5, 5.41) is 15.7. The van der Waals surface area contributed by atoms with Crippen LogP contribution in [-0.4, -0.2) is 20.5 Å². The van der Waals surface area contributed by atoms with Gasteiger partial charge in [0.1, 0.15) is 5.15 Å². The van der Waals surface area contributed by atoms with Gasteiger partial charge in [0.15, 0.2) is 0 Å². The Morgan fingerprint density at radius 2 is 2.29 bits per heavy atom. The molecule has 2 unspecified atom stereocenters. The number of aromatic nitrogens is 2. The number of aryl methyl sites for hydroxylation is 2. The Hall–Kier alpha value is -0.540. The second-order valence-electron chi connectivity index (χ2n) is 5.26. The Bertz CT molecular complexity index is 416. The molecule has 1 aromatic rings. The van der Waals surface area contributed by atoms with E-state index in [1.165, 1.54) is 0 Å². The molecule has 1 saturated carbocycles. The Morgan fingerprint density at radius 3 is 2.82 bits per heavy atom. The van der Waals surface area contributed by atoms with Crippen molar-refractivity contribution in [3.8, 4) is 0 Å². The van der Waals surface area contributed by atoms with Gasteiger partial charge in [0, 0.05) is 19.0 Å². The van der Waals surface area contributed by atoms with E-state index in [0.717, 1.165) is 36.9 Å². The lowest BCUT2D eigenvalue weighted by molar-refractivity contribution is 0.00134. The lowest BCUT2D eigenvalue weighted by Crippen LogP contribution is -2.35. The Labute approximate surface area is 108 Å². The minimum absolute atomic E-state index is 0.401. The van der Waals surface area contributed by atoms with Crippen molar-refractivity contribution in [2.45, 2.75) is 51.6 Å². The van der Waals surface area contributed by atoms with Crippen LogP contribution in [0.5, 0.6) is 0 Å². The van der Waals surface area contributed by atoms with E-state index in [2.05, 4.69) is 12.0 Å². The maximum Gasteiger partial charge on any atom is 0.130 e. The van der Waals surface area contributed by atoms with Crippen LogP contribution in [0.2, 0.25) is 5.15 Å². The third-order valence-corrected chi connectivity index (χ3v) is 4.64. The highest BCUT2D eigenvalue weighted by Crippen LogP contribution is 2.41. The van der Waals surface area contributed by atoms with Crippen molar-refractivity contribution in [3.63, 3.8) is 0 Å². The minimum Gasteiger partial charge on any atom is -0.389 e. The third-order valence-electron chi connectivity index (χ3n) is 4.17. The summed E-state index contributed by atoms with van der Waals surface area (Å²) in [7, 11) is 1.84. The van der Waals surface area contributed by atoms with Gasteiger partial charge in [-0.2, -0.15) is 5.10 Å². The highest BCUT2D eigenvalue weighted by Gasteiger charge is 2.41. The average molecular weight is 257 g/mol. The van der Waals surface area contributed by atoms with Gasteiger partial charge in [-0.15, -0.1) is 0 Å². The summed E-state index contributed by atoms with van der Waals surface area (Å²) in [6.45, 7) is 4.11. The zero-order chi connectivity index (χ0) is 12.6. The molecule has 0 radical (unpaired) electrons. The van der Waals surface area contributed by atoms with Crippen LogP contribution in [0.4, 0.5) is 0 Å². The maximum absolute atomic E-state index is 10.8. The smallest absolute Gasteiger partial charge is 0.130 e. The predicted octanol–water partition coefficient (Wildman–Crippen LogP) is 2.87. The van der Waals surface area contributed by atoms with E-state index in [1.54, 1.807) is 4.68 Å². The van der Waals surface area contributed by atoms with Crippen LogP contribution >= 0.6 is 11.6 Å². The first-order chi connectivity index (χ1) is 7.98. The van der Waals surface area contributed by atoms with Crippen LogP contribution in [0.15, 0.2) is 0 Å². The summed E-state index contributed by atoms with van der Waals surface area (Å²) < 4.78 is 1.69. The standard InChI is InChI=1S/C13H21ClN2O/c1-4-10-6-5-7-13(10,17)8-11-9(2)15-16(3)12(11)14/h10,17H,4-8H2,1-3H3. The highest BCUT2D eigenvalue weighted by atomic mass is 35.5. The molecule has 4 heteroatoms. The molecule has 0 aromatic carbocycles. The van der Waals surface area contributed by atoms with Crippen molar-refractivity contribution in [3.05, 3.63) is 16.4 Å².